The van der Waals surface area contributed by atoms with E-state index in [4.69, 9.17) is 23.2 Å². The fourth-order valence-electron chi connectivity index (χ4n) is 7.59. The van der Waals surface area contributed by atoms with Crippen LogP contribution in [0.2, 0.25) is 0 Å². The van der Waals surface area contributed by atoms with Gasteiger partial charge in [0.25, 0.3) is 11.8 Å². The third-order valence-corrected chi connectivity index (χ3v) is 11.1. The summed E-state index contributed by atoms with van der Waals surface area (Å²) in [5, 5.41) is 9.97. The van der Waals surface area contributed by atoms with Crippen molar-refractivity contribution >= 4 is 52.5 Å². The number of rotatable bonds is 4. The Hall–Kier alpha value is -4.29. The molecule has 6 unspecified atom stereocenters. The van der Waals surface area contributed by atoms with Crippen LogP contribution in [0.25, 0.3) is 0 Å². The van der Waals surface area contributed by atoms with Crippen molar-refractivity contribution in [1.82, 2.24) is 4.90 Å². The zero-order valence-electron chi connectivity index (χ0n) is 23.8. The highest BCUT2D eigenvalue weighted by Gasteiger charge is 2.77. The molecule has 0 bridgehead atoms. The highest BCUT2D eigenvalue weighted by Crippen LogP contribution is 2.66. The topological polar surface area (TPSA) is 95.0 Å². The highest BCUT2D eigenvalue weighted by molar-refractivity contribution is 6.58. The summed E-state index contributed by atoms with van der Waals surface area (Å²) in [6.07, 6.45) is 1.06. The molecule has 14 heteroatoms. The monoisotopic (exact) mass is 690 g/mol. The number of phenols is 1. The van der Waals surface area contributed by atoms with Crippen LogP contribution in [0.3, 0.4) is 0 Å². The number of imide groups is 2. The van der Waals surface area contributed by atoms with E-state index in [0.717, 1.165) is 4.90 Å². The van der Waals surface area contributed by atoms with Crippen molar-refractivity contribution in [2.75, 3.05) is 4.90 Å². The van der Waals surface area contributed by atoms with E-state index in [1.165, 1.54) is 24.3 Å². The number of amides is 4. The van der Waals surface area contributed by atoms with E-state index >= 15 is 8.78 Å². The Labute approximate surface area is 273 Å². The fourth-order valence-corrected chi connectivity index (χ4v) is 8.53. The standard InChI is InChI=1S/C33H21Cl2F5N2O5/c34-32-12-19-17(10-11-18-20(19)29(45)41(28(18)44)13-14-4-2-1-3-5-14)21(15-6-8-16(43)9-7-15)33(32,35)31(47)42(30(32)46)27-25(39)23(37)22(36)24(38)26(27)40/h1-10,18-21,43H,11-13H2. The molecule has 7 nitrogen and oxygen atoms in total. The molecule has 47 heavy (non-hydrogen) atoms. The van der Waals surface area contributed by atoms with Gasteiger partial charge >= 0.3 is 0 Å². The van der Waals surface area contributed by atoms with Crippen molar-refractivity contribution in [3.05, 3.63) is 106 Å². The quantitative estimate of drug-likeness (QED) is 0.0926. The van der Waals surface area contributed by atoms with Crippen LogP contribution in [0.1, 0.15) is 29.9 Å². The van der Waals surface area contributed by atoms with Gasteiger partial charge in [-0.15, -0.1) is 23.2 Å². The molecule has 4 aliphatic rings. The normalized spacial score (nSPS) is 30.0. The van der Waals surface area contributed by atoms with Crippen molar-refractivity contribution in [2.45, 2.75) is 35.1 Å². The second-order valence-corrected chi connectivity index (χ2v) is 13.3. The summed E-state index contributed by atoms with van der Waals surface area (Å²) in [4.78, 5) is 51.6. The van der Waals surface area contributed by atoms with Gasteiger partial charge in [0.05, 0.1) is 18.4 Å². The SMILES string of the molecule is O=C1C2CC=C3C(CC4(Cl)C(=O)N(c5c(F)c(F)c(F)c(F)c5F)C(=O)C4(Cl)C3c3ccc(O)cc3)C2C(=O)N1Cc1ccccc1. The number of benzene rings is 3. The van der Waals surface area contributed by atoms with Crippen molar-refractivity contribution in [3.8, 4) is 5.75 Å². The Morgan fingerprint density at radius 1 is 0.766 bits per heavy atom. The number of phenolic OH excluding ortho intramolecular Hbond substituents is 1. The summed E-state index contributed by atoms with van der Waals surface area (Å²) >= 11 is 14.1. The van der Waals surface area contributed by atoms with Gasteiger partial charge in [-0.05, 0) is 42.0 Å². The first-order valence-electron chi connectivity index (χ1n) is 14.4. The molecule has 0 radical (unpaired) electrons. The third kappa shape index (κ3) is 4.10. The van der Waals surface area contributed by atoms with Gasteiger partial charge in [-0.1, -0.05) is 54.1 Å². The Morgan fingerprint density at radius 2 is 1.36 bits per heavy atom. The number of alkyl halides is 2. The van der Waals surface area contributed by atoms with E-state index in [2.05, 4.69) is 0 Å². The van der Waals surface area contributed by atoms with Gasteiger partial charge < -0.3 is 5.11 Å². The van der Waals surface area contributed by atoms with Crippen LogP contribution < -0.4 is 4.90 Å². The van der Waals surface area contributed by atoms with Crippen LogP contribution in [0.5, 0.6) is 5.75 Å². The lowest BCUT2D eigenvalue weighted by Gasteiger charge is -2.50. The van der Waals surface area contributed by atoms with E-state index in [1.54, 1.807) is 36.4 Å². The Morgan fingerprint density at radius 3 is 1.98 bits per heavy atom. The minimum atomic E-state index is -2.62. The van der Waals surface area contributed by atoms with Gasteiger partial charge in [-0.25, -0.2) is 26.9 Å². The molecule has 1 saturated carbocycles. The molecule has 7 rings (SSSR count). The summed E-state index contributed by atoms with van der Waals surface area (Å²) < 4.78 is 72.8. The molecule has 3 aromatic rings. The molecule has 3 aromatic carbocycles. The van der Waals surface area contributed by atoms with Crippen molar-refractivity contribution in [3.63, 3.8) is 0 Å². The lowest BCUT2D eigenvalue weighted by Crippen LogP contribution is -2.60. The summed E-state index contributed by atoms with van der Waals surface area (Å²) in [6, 6.07) is 13.9. The maximum Gasteiger partial charge on any atom is 0.258 e. The molecular weight excluding hydrogens is 670 g/mol. The van der Waals surface area contributed by atoms with Crippen LogP contribution in [-0.4, -0.2) is 43.4 Å². The number of allylic oxidation sites excluding steroid dienone is 2. The van der Waals surface area contributed by atoms with Gasteiger partial charge in [-0.2, -0.15) is 0 Å². The fraction of sp³-hybridized carbons (Fsp3) is 0.273. The molecule has 242 valence electrons. The third-order valence-electron chi connectivity index (χ3n) is 9.72. The first kappa shape index (κ1) is 31.3. The van der Waals surface area contributed by atoms with Crippen LogP contribution >= 0.6 is 23.2 Å². The minimum Gasteiger partial charge on any atom is -0.508 e. The predicted octanol–water partition coefficient (Wildman–Crippen LogP) is 5.85. The molecule has 1 N–H and O–H groups in total. The number of halogens is 7. The minimum absolute atomic E-state index is 0.0344. The zero-order chi connectivity index (χ0) is 33.7. The second-order valence-electron chi connectivity index (χ2n) is 12.0. The summed E-state index contributed by atoms with van der Waals surface area (Å²) in [6.45, 7) is -0.0359. The number of aromatic hydroxyl groups is 1. The van der Waals surface area contributed by atoms with Crippen LogP contribution in [0, 0.1) is 46.8 Å². The number of fused-ring (bicyclic) bond motifs is 4. The Balaban J connectivity index is 1.39. The lowest BCUT2D eigenvalue weighted by molar-refractivity contribution is -0.141. The van der Waals surface area contributed by atoms with E-state index < -0.39 is 98.2 Å². The first-order chi connectivity index (χ1) is 22.2. The Bertz CT molecular complexity index is 1910. The van der Waals surface area contributed by atoms with Crippen LogP contribution in [-0.2, 0) is 25.7 Å². The molecule has 2 saturated heterocycles. The molecule has 0 aromatic heterocycles. The number of anilines is 1. The van der Waals surface area contributed by atoms with Crippen molar-refractivity contribution < 1.29 is 46.2 Å². The number of hydrogen-bond acceptors (Lipinski definition) is 5. The number of carbonyl (C=O) groups is 4. The summed E-state index contributed by atoms with van der Waals surface area (Å²) in [5.74, 6) is -20.9. The van der Waals surface area contributed by atoms with Crippen molar-refractivity contribution in [2.24, 2.45) is 17.8 Å². The lowest BCUT2D eigenvalue weighted by atomic mass is 9.56. The Kier molecular flexibility index (Phi) is 7.07. The van der Waals surface area contributed by atoms with Gasteiger partial charge in [0.15, 0.2) is 33.0 Å². The van der Waals surface area contributed by atoms with Gasteiger partial charge in [-0.3, -0.25) is 24.1 Å². The molecule has 6 atom stereocenters. The average molecular weight is 691 g/mol. The number of nitrogens with zero attached hydrogens (tertiary/aromatic N) is 2. The zero-order valence-corrected chi connectivity index (χ0v) is 25.3. The molecule has 4 amide bonds. The molecule has 2 aliphatic carbocycles. The maximum atomic E-state index is 15.1. The molecular formula is C33H21Cl2F5N2O5. The molecule has 0 spiro atoms. The summed E-state index contributed by atoms with van der Waals surface area (Å²) in [7, 11) is 0. The molecule has 2 heterocycles. The smallest absolute Gasteiger partial charge is 0.258 e. The van der Waals surface area contributed by atoms with Gasteiger partial charge in [0.1, 0.15) is 11.4 Å². The first-order valence-corrected chi connectivity index (χ1v) is 15.2. The van der Waals surface area contributed by atoms with Gasteiger partial charge in [0, 0.05) is 5.92 Å². The van der Waals surface area contributed by atoms with E-state index in [-0.39, 0.29) is 29.2 Å². The predicted molar refractivity (Wildman–Crippen MR) is 157 cm³/mol. The van der Waals surface area contributed by atoms with Gasteiger partial charge in [0.2, 0.25) is 17.6 Å². The molecule has 2 aliphatic heterocycles. The summed E-state index contributed by atoms with van der Waals surface area (Å²) in [5.41, 5.74) is -0.650. The van der Waals surface area contributed by atoms with Crippen LogP contribution in [0.4, 0.5) is 27.6 Å². The largest absolute Gasteiger partial charge is 0.508 e. The second kappa shape index (κ2) is 10.6. The van der Waals surface area contributed by atoms with E-state index in [0.29, 0.717) is 11.1 Å². The number of likely N-dealkylation sites (tertiary alicyclic amines) is 1. The molecule has 3 fully saturated rings. The van der Waals surface area contributed by atoms with Crippen molar-refractivity contribution in [1.29, 1.82) is 0 Å². The van der Waals surface area contributed by atoms with E-state index in [1.807, 2.05) is 0 Å². The number of hydrogen-bond donors (Lipinski definition) is 1. The highest BCUT2D eigenvalue weighted by atomic mass is 35.5. The average Bonchev–Trinajstić information content (AvgIpc) is 3.38. The maximum absolute atomic E-state index is 15.1. The number of carbonyl (C=O) groups excluding carboxylic acids is 4. The van der Waals surface area contributed by atoms with E-state index in [9.17, 15) is 37.5 Å². The van der Waals surface area contributed by atoms with Crippen LogP contribution in [0.15, 0.2) is 66.2 Å².